The number of benzene rings is 2. The molecule has 0 unspecified atom stereocenters. The van der Waals surface area contributed by atoms with E-state index in [1.165, 1.54) is 29.8 Å². The van der Waals surface area contributed by atoms with Crippen molar-refractivity contribution in [3.63, 3.8) is 0 Å². The van der Waals surface area contributed by atoms with E-state index in [9.17, 15) is 17.6 Å². The summed E-state index contributed by atoms with van der Waals surface area (Å²) in [6.45, 7) is 1.34. The van der Waals surface area contributed by atoms with Crippen molar-refractivity contribution in [3.05, 3.63) is 71.5 Å². The number of rotatable bonds is 7. The van der Waals surface area contributed by atoms with Gasteiger partial charge in [-0.3, -0.25) is 4.79 Å². The quantitative estimate of drug-likeness (QED) is 0.750. The van der Waals surface area contributed by atoms with Crippen molar-refractivity contribution in [1.29, 1.82) is 0 Å². The molecule has 0 aromatic heterocycles. The zero-order chi connectivity index (χ0) is 20.9. The lowest BCUT2D eigenvalue weighted by Crippen LogP contribution is -2.41. The molecule has 1 N–H and O–H groups in total. The Kier molecular flexibility index (Phi) is 7.03. The topological polar surface area (TPSA) is 66.5 Å². The van der Waals surface area contributed by atoms with Gasteiger partial charge in [-0.25, -0.2) is 17.5 Å². The van der Waals surface area contributed by atoms with Crippen LogP contribution in [0.5, 0.6) is 0 Å². The molecule has 3 rings (SSSR count). The lowest BCUT2D eigenvalue weighted by atomic mass is 9.90. The number of likely N-dealkylation sites (tertiary alicyclic amines) is 1. The molecule has 156 valence electrons. The van der Waals surface area contributed by atoms with Gasteiger partial charge in [0.2, 0.25) is 15.9 Å². The minimum absolute atomic E-state index is 0.0159. The van der Waals surface area contributed by atoms with E-state index in [0.29, 0.717) is 24.6 Å². The highest BCUT2D eigenvalue weighted by atomic mass is 32.2. The van der Waals surface area contributed by atoms with Gasteiger partial charge in [0.25, 0.3) is 0 Å². The van der Waals surface area contributed by atoms with Crippen LogP contribution in [0, 0.1) is 11.7 Å². The first-order valence-corrected chi connectivity index (χ1v) is 11.7. The maximum Gasteiger partial charge on any atom is 0.224 e. The van der Waals surface area contributed by atoms with E-state index in [0.717, 1.165) is 25.5 Å². The van der Waals surface area contributed by atoms with E-state index in [2.05, 4.69) is 16.9 Å². The van der Waals surface area contributed by atoms with Crippen LogP contribution in [0.1, 0.15) is 36.4 Å². The summed E-state index contributed by atoms with van der Waals surface area (Å²) in [5.74, 6) is 0.0517. The maximum absolute atomic E-state index is 13.2. The predicted molar refractivity (Wildman–Crippen MR) is 111 cm³/mol. The highest BCUT2D eigenvalue weighted by molar-refractivity contribution is 7.88. The Bertz CT molecular complexity index is 909. The Hall–Kier alpha value is -2.25. The minimum atomic E-state index is -3.52. The predicted octanol–water partition coefficient (Wildman–Crippen LogP) is 3.29. The average molecular weight is 419 g/mol. The van der Waals surface area contributed by atoms with Crippen LogP contribution in [0.4, 0.5) is 4.39 Å². The van der Waals surface area contributed by atoms with Gasteiger partial charge in [-0.2, -0.15) is 0 Å². The third kappa shape index (κ3) is 6.65. The molecule has 1 fully saturated rings. The van der Waals surface area contributed by atoms with E-state index in [1.807, 2.05) is 23.1 Å². The lowest BCUT2D eigenvalue weighted by Gasteiger charge is -2.33. The first kappa shape index (κ1) is 21.5. The van der Waals surface area contributed by atoms with Crippen molar-refractivity contribution >= 4 is 15.9 Å². The summed E-state index contributed by atoms with van der Waals surface area (Å²) in [4.78, 5) is 14.6. The van der Waals surface area contributed by atoms with Crippen LogP contribution >= 0.6 is 0 Å². The standard InChI is InChI=1S/C22H27FN2O3S/c1-29(27,28)24-21(19-7-9-20(23)10-8-19)16-22(26)25-13-11-18(12-14-25)15-17-5-3-2-4-6-17/h2-10,18,21,24H,11-16H2,1H3/t21-/m1/s1. The summed E-state index contributed by atoms with van der Waals surface area (Å²) in [6.07, 6.45) is 3.95. The van der Waals surface area contributed by atoms with Crippen LogP contribution in [-0.2, 0) is 21.2 Å². The van der Waals surface area contributed by atoms with E-state index >= 15 is 0 Å². The summed E-state index contributed by atoms with van der Waals surface area (Å²) < 4.78 is 39.2. The second-order valence-corrected chi connectivity index (χ2v) is 9.49. The Morgan fingerprint density at radius 3 is 2.31 bits per heavy atom. The van der Waals surface area contributed by atoms with E-state index < -0.39 is 21.9 Å². The number of nitrogens with zero attached hydrogens (tertiary/aromatic N) is 1. The summed E-state index contributed by atoms with van der Waals surface area (Å²) in [5, 5.41) is 0. The molecular weight excluding hydrogens is 391 g/mol. The van der Waals surface area contributed by atoms with Gasteiger partial charge in [-0.15, -0.1) is 0 Å². The van der Waals surface area contributed by atoms with Gasteiger partial charge in [0.05, 0.1) is 12.3 Å². The summed E-state index contributed by atoms with van der Waals surface area (Å²) in [6, 6.07) is 15.2. The molecule has 2 aromatic rings. The summed E-state index contributed by atoms with van der Waals surface area (Å²) in [5.41, 5.74) is 1.88. The van der Waals surface area contributed by atoms with Crippen molar-refractivity contribution < 1.29 is 17.6 Å². The Labute approximate surface area is 172 Å². The number of nitrogens with one attached hydrogen (secondary N) is 1. The fourth-order valence-corrected chi connectivity index (χ4v) is 4.55. The molecule has 0 spiro atoms. The molecule has 7 heteroatoms. The molecule has 1 aliphatic heterocycles. The number of sulfonamides is 1. The number of piperidine rings is 1. The SMILES string of the molecule is CS(=O)(=O)N[C@H](CC(=O)N1CCC(Cc2ccccc2)CC1)c1ccc(F)cc1. The van der Waals surface area contributed by atoms with Gasteiger partial charge in [0.1, 0.15) is 5.82 Å². The second-order valence-electron chi connectivity index (χ2n) is 7.71. The van der Waals surface area contributed by atoms with E-state index in [4.69, 9.17) is 0 Å². The van der Waals surface area contributed by atoms with Gasteiger partial charge in [0, 0.05) is 19.5 Å². The smallest absolute Gasteiger partial charge is 0.224 e. The summed E-state index contributed by atoms with van der Waals surface area (Å²) in [7, 11) is -3.52. The molecule has 1 atom stereocenters. The van der Waals surface area contributed by atoms with Crippen LogP contribution in [0.15, 0.2) is 54.6 Å². The monoisotopic (exact) mass is 418 g/mol. The highest BCUT2D eigenvalue weighted by Gasteiger charge is 2.26. The number of carbonyl (C=O) groups excluding carboxylic acids is 1. The Morgan fingerprint density at radius 2 is 1.72 bits per heavy atom. The Morgan fingerprint density at radius 1 is 1.10 bits per heavy atom. The van der Waals surface area contributed by atoms with Gasteiger partial charge < -0.3 is 4.90 Å². The molecule has 29 heavy (non-hydrogen) atoms. The first-order chi connectivity index (χ1) is 13.8. The number of halogens is 1. The fourth-order valence-electron chi connectivity index (χ4n) is 3.82. The third-order valence-corrected chi connectivity index (χ3v) is 6.05. The van der Waals surface area contributed by atoms with Crippen LogP contribution in [0.3, 0.4) is 0 Å². The zero-order valence-corrected chi connectivity index (χ0v) is 17.4. The maximum atomic E-state index is 13.2. The second kappa shape index (κ2) is 9.50. The van der Waals surface area contributed by atoms with Crippen LogP contribution in [0.25, 0.3) is 0 Å². The number of amides is 1. The molecule has 0 radical (unpaired) electrons. The molecular formula is C22H27FN2O3S. The van der Waals surface area contributed by atoms with Crippen molar-refractivity contribution in [1.82, 2.24) is 9.62 Å². The van der Waals surface area contributed by atoms with Crippen molar-refractivity contribution in [3.8, 4) is 0 Å². The average Bonchev–Trinajstić information content (AvgIpc) is 2.68. The first-order valence-electron chi connectivity index (χ1n) is 9.84. The van der Waals surface area contributed by atoms with Gasteiger partial charge in [-0.1, -0.05) is 42.5 Å². The van der Waals surface area contributed by atoms with Crippen molar-refractivity contribution in [2.75, 3.05) is 19.3 Å². The number of carbonyl (C=O) groups is 1. The molecule has 0 saturated carbocycles. The van der Waals surface area contributed by atoms with Crippen LogP contribution in [0.2, 0.25) is 0 Å². The van der Waals surface area contributed by atoms with Crippen LogP contribution in [-0.4, -0.2) is 38.6 Å². The van der Waals surface area contributed by atoms with E-state index in [-0.39, 0.29) is 12.3 Å². The fraction of sp³-hybridized carbons (Fsp3) is 0.409. The largest absolute Gasteiger partial charge is 0.343 e. The third-order valence-electron chi connectivity index (χ3n) is 5.34. The van der Waals surface area contributed by atoms with Crippen molar-refractivity contribution in [2.45, 2.75) is 31.7 Å². The number of hydrogen-bond donors (Lipinski definition) is 1. The minimum Gasteiger partial charge on any atom is -0.343 e. The summed E-state index contributed by atoms with van der Waals surface area (Å²) >= 11 is 0. The zero-order valence-electron chi connectivity index (χ0n) is 16.6. The molecule has 2 aromatic carbocycles. The molecule has 1 saturated heterocycles. The van der Waals surface area contributed by atoms with Gasteiger partial charge in [0.15, 0.2) is 0 Å². The Balaban J connectivity index is 1.59. The molecule has 5 nitrogen and oxygen atoms in total. The molecule has 0 bridgehead atoms. The normalized spacial score (nSPS) is 16.6. The van der Waals surface area contributed by atoms with Gasteiger partial charge in [-0.05, 0) is 48.4 Å². The molecule has 0 aliphatic carbocycles. The van der Waals surface area contributed by atoms with E-state index in [1.54, 1.807) is 0 Å². The van der Waals surface area contributed by atoms with Crippen LogP contribution < -0.4 is 4.72 Å². The lowest BCUT2D eigenvalue weighted by molar-refractivity contribution is -0.133. The van der Waals surface area contributed by atoms with Crippen molar-refractivity contribution in [2.24, 2.45) is 5.92 Å². The van der Waals surface area contributed by atoms with Gasteiger partial charge >= 0.3 is 0 Å². The number of hydrogen-bond acceptors (Lipinski definition) is 3. The highest BCUT2D eigenvalue weighted by Crippen LogP contribution is 2.24. The molecule has 1 aliphatic rings. The molecule has 1 heterocycles. The molecule has 1 amide bonds.